The molecule has 128 valence electrons. The summed E-state index contributed by atoms with van der Waals surface area (Å²) >= 11 is 0. The number of phenols is 1. The first-order valence-electron chi connectivity index (χ1n) is 8.40. The van der Waals surface area contributed by atoms with Crippen LogP contribution in [0.1, 0.15) is 18.1 Å². The fraction of sp³-hybridized carbons (Fsp3) is 0.350. The first kappa shape index (κ1) is 18.0. The fourth-order valence-electron chi connectivity index (χ4n) is 2.54. The highest BCUT2D eigenvalue weighted by Gasteiger charge is 2.15. The predicted octanol–water partition coefficient (Wildman–Crippen LogP) is 1.97. The Morgan fingerprint density at radius 1 is 1.12 bits per heavy atom. The molecule has 1 atom stereocenters. The van der Waals surface area contributed by atoms with Gasteiger partial charge in [0.25, 0.3) is 0 Å². The minimum absolute atomic E-state index is 0.153. The molecule has 0 unspecified atom stereocenters. The Morgan fingerprint density at radius 3 is 2.54 bits per heavy atom. The number of nitrogens with zero attached hydrogens (tertiary/aromatic N) is 1. The molecule has 4 nitrogen and oxygen atoms in total. The topological polar surface area (TPSA) is 46.3 Å². The Hall–Kier alpha value is -2.33. The van der Waals surface area contributed by atoms with Gasteiger partial charge in [0.1, 0.15) is 6.04 Å². The van der Waals surface area contributed by atoms with Crippen molar-refractivity contribution in [2.24, 2.45) is 4.99 Å². The summed E-state index contributed by atoms with van der Waals surface area (Å²) in [4.78, 5) is 5.92. The zero-order chi connectivity index (χ0) is 17.4. The van der Waals surface area contributed by atoms with Crippen LogP contribution in [0, 0.1) is 0 Å². The summed E-state index contributed by atoms with van der Waals surface area (Å²) in [6.45, 7) is 3.13. The van der Waals surface area contributed by atoms with Crippen molar-refractivity contribution in [1.29, 1.82) is 0 Å². The monoisotopic (exact) mass is 327 g/mol. The zero-order valence-corrected chi connectivity index (χ0v) is 14.7. The Kier molecular flexibility index (Phi) is 6.82. The molecule has 0 fully saturated rings. The number of hydrogen-bond donors (Lipinski definition) is 2. The molecule has 0 saturated carbocycles. The van der Waals surface area contributed by atoms with Gasteiger partial charge >= 0.3 is 0 Å². The molecule has 0 saturated heterocycles. The van der Waals surface area contributed by atoms with Gasteiger partial charge in [0.05, 0.1) is 27.2 Å². The highest BCUT2D eigenvalue weighted by atomic mass is 16.5. The summed E-state index contributed by atoms with van der Waals surface area (Å²) < 4.78 is 5.41. The molecule has 0 radical (unpaired) electrons. The van der Waals surface area contributed by atoms with Crippen LogP contribution in [0.2, 0.25) is 0 Å². The standard InChI is InChI=1S/C20H26N2O2/c1-4-24-19-12-8-11-17(20(19)23)14-21-15-18(22(2)3)13-16-9-6-5-7-10-16/h5-12,14,18,23H,4,13,15H2,1-3H3/p+1/t18-/m0/s1. The van der Waals surface area contributed by atoms with Gasteiger partial charge in [-0.15, -0.1) is 0 Å². The van der Waals surface area contributed by atoms with Gasteiger partial charge in [0, 0.05) is 18.2 Å². The van der Waals surface area contributed by atoms with Gasteiger partial charge in [-0.2, -0.15) is 0 Å². The van der Waals surface area contributed by atoms with E-state index >= 15 is 0 Å². The van der Waals surface area contributed by atoms with E-state index in [1.165, 1.54) is 10.5 Å². The molecular formula is C20H27N2O2+. The van der Waals surface area contributed by atoms with E-state index in [0.29, 0.717) is 30.5 Å². The van der Waals surface area contributed by atoms with Crippen LogP contribution >= 0.6 is 0 Å². The van der Waals surface area contributed by atoms with Crippen molar-refractivity contribution >= 4 is 6.21 Å². The van der Waals surface area contributed by atoms with Gasteiger partial charge in [-0.1, -0.05) is 36.4 Å². The predicted molar refractivity (Wildman–Crippen MR) is 98.5 cm³/mol. The number of aliphatic imine (C=N–C) groups is 1. The lowest BCUT2D eigenvalue weighted by Gasteiger charge is -2.19. The van der Waals surface area contributed by atoms with Crippen LogP contribution in [-0.4, -0.2) is 44.6 Å². The van der Waals surface area contributed by atoms with Crippen LogP contribution in [0.4, 0.5) is 0 Å². The molecule has 0 aliphatic heterocycles. The smallest absolute Gasteiger partial charge is 0.166 e. The normalized spacial score (nSPS) is 12.7. The molecule has 2 aromatic rings. The minimum atomic E-state index is 0.153. The van der Waals surface area contributed by atoms with Gasteiger partial charge in [0.2, 0.25) is 0 Å². The highest BCUT2D eigenvalue weighted by Crippen LogP contribution is 2.28. The molecule has 2 N–H and O–H groups in total. The maximum Gasteiger partial charge on any atom is 0.166 e. The molecule has 0 aromatic heterocycles. The van der Waals surface area contributed by atoms with E-state index in [1.54, 1.807) is 12.3 Å². The second kappa shape index (κ2) is 9.08. The third-order valence-electron chi connectivity index (χ3n) is 4.03. The lowest BCUT2D eigenvalue weighted by molar-refractivity contribution is -0.883. The van der Waals surface area contributed by atoms with Gasteiger partial charge in [-0.05, 0) is 24.6 Å². The largest absolute Gasteiger partial charge is 0.504 e. The van der Waals surface area contributed by atoms with Crippen LogP contribution in [0.5, 0.6) is 11.5 Å². The lowest BCUT2D eigenvalue weighted by atomic mass is 10.1. The molecule has 24 heavy (non-hydrogen) atoms. The van der Waals surface area contributed by atoms with Crippen LogP contribution in [0.15, 0.2) is 53.5 Å². The van der Waals surface area contributed by atoms with E-state index in [2.05, 4.69) is 43.4 Å². The lowest BCUT2D eigenvalue weighted by Crippen LogP contribution is -3.11. The molecular weight excluding hydrogens is 300 g/mol. The quantitative estimate of drug-likeness (QED) is 0.728. The van der Waals surface area contributed by atoms with Crippen molar-refractivity contribution in [3.8, 4) is 11.5 Å². The molecule has 2 aromatic carbocycles. The molecule has 4 heteroatoms. The first-order valence-corrected chi connectivity index (χ1v) is 8.40. The van der Waals surface area contributed by atoms with Crippen molar-refractivity contribution in [2.45, 2.75) is 19.4 Å². The maximum absolute atomic E-state index is 10.2. The number of ether oxygens (including phenoxy) is 1. The van der Waals surface area contributed by atoms with Crippen molar-refractivity contribution < 1.29 is 14.7 Å². The summed E-state index contributed by atoms with van der Waals surface area (Å²) in [5, 5.41) is 10.2. The number of quaternary nitrogens is 1. The zero-order valence-electron chi connectivity index (χ0n) is 14.7. The average Bonchev–Trinajstić information content (AvgIpc) is 2.58. The van der Waals surface area contributed by atoms with E-state index in [1.807, 2.05) is 25.1 Å². The number of hydrogen-bond acceptors (Lipinski definition) is 3. The second-order valence-corrected chi connectivity index (χ2v) is 6.09. The van der Waals surface area contributed by atoms with Crippen molar-refractivity contribution in [3.63, 3.8) is 0 Å². The van der Waals surface area contributed by atoms with Crippen LogP contribution in [-0.2, 0) is 6.42 Å². The minimum Gasteiger partial charge on any atom is -0.504 e. The summed E-state index contributed by atoms with van der Waals surface area (Å²) in [6.07, 6.45) is 2.71. The number of phenolic OH excluding ortho intramolecular Hbond substituents is 1. The number of aromatic hydroxyl groups is 1. The van der Waals surface area contributed by atoms with Gasteiger partial charge in [0.15, 0.2) is 11.5 Å². The third-order valence-corrected chi connectivity index (χ3v) is 4.03. The summed E-state index contributed by atoms with van der Waals surface area (Å²) in [5.41, 5.74) is 2.01. The fourth-order valence-corrected chi connectivity index (χ4v) is 2.54. The van der Waals surface area contributed by atoms with Crippen LogP contribution in [0.3, 0.4) is 0 Å². The van der Waals surface area contributed by atoms with E-state index in [0.717, 1.165) is 6.42 Å². The van der Waals surface area contributed by atoms with E-state index in [4.69, 9.17) is 4.74 Å². The van der Waals surface area contributed by atoms with Crippen molar-refractivity contribution in [1.82, 2.24) is 0 Å². The van der Waals surface area contributed by atoms with E-state index in [9.17, 15) is 5.11 Å². The number of rotatable bonds is 8. The molecule has 0 aliphatic rings. The Morgan fingerprint density at radius 2 is 1.88 bits per heavy atom. The molecule has 0 bridgehead atoms. The van der Waals surface area contributed by atoms with Gasteiger partial charge in [-0.25, -0.2) is 0 Å². The summed E-state index contributed by atoms with van der Waals surface area (Å²) in [5.74, 6) is 0.653. The Bertz CT molecular complexity index is 654. The van der Waals surface area contributed by atoms with E-state index in [-0.39, 0.29) is 5.75 Å². The molecule has 0 heterocycles. The molecule has 0 spiro atoms. The summed E-state index contributed by atoms with van der Waals surface area (Å²) in [7, 11) is 4.30. The number of likely N-dealkylation sites (N-methyl/N-ethyl adjacent to an activating group) is 1. The SMILES string of the molecule is CCOc1cccc(C=NC[C@H](Cc2ccccc2)[NH+](C)C)c1O. The second-order valence-electron chi connectivity index (χ2n) is 6.09. The Balaban J connectivity index is 2.04. The number of benzene rings is 2. The van der Waals surface area contributed by atoms with Gasteiger partial charge < -0.3 is 14.7 Å². The highest BCUT2D eigenvalue weighted by molar-refractivity contribution is 5.84. The Labute approximate surface area is 144 Å². The number of para-hydroxylation sites is 1. The third kappa shape index (κ3) is 5.10. The maximum atomic E-state index is 10.2. The van der Waals surface area contributed by atoms with Crippen molar-refractivity contribution in [3.05, 3.63) is 59.7 Å². The van der Waals surface area contributed by atoms with Gasteiger partial charge in [-0.3, -0.25) is 4.99 Å². The molecule has 0 amide bonds. The summed E-state index contributed by atoms with van der Waals surface area (Å²) in [6, 6.07) is 16.3. The van der Waals surface area contributed by atoms with E-state index < -0.39 is 0 Å². The van der Waals surface area contributed by atoms with Crippen LogP contribution < -0.4 is 9.64 Å². The average molecular weight is 327 g/mol. The molecule has 0 aliphatic carbocycles. The van der Waals surface area contributed by atoms with Crippen molar-refractivity contribution in [2.75, 3.05) is 27.2 Å². The first-order chi connectivity index (χ1) is 11.6. The number of nitrogens with one attached hydrogen (secondary N) is 1. The molecule has 2 rings (SSSR count). The van der Waals surface area contributed by atoms with Crippen LogP contribution in [0.25, 0.3) is 0 Å².